The van der Waals surface area contributed by atoms with Crippen LogP contribution in [0.15, 0.2) is 18.2 Å². The van der Waals surface area contributed by atoms with Crippen molar-refractivity contribution in [1.82, 2.24) is 0 Å². The summed E-state index contributed by atoms with van der Waals surface area (Å²) < 4.78 is 4.93. The molecule has 16 heavy (non-hydrogen) atoms. The maximum absolute atomic E-state index is 11.6. The fraction of sp³-hybridized carbons (Fsp3) is 0.364. The van der Waals surface area contributed by atoms with Gasteiger partial charge in [-0.1, -0.05) is 11.6 Å². The lowest BCUT2D eigenvalue weighted by Crippen LogP contribution is -2.15. The van der Waals surface area contributed by atoms with Crippen molar-refractivity contribution in [2.75, 3.05) is 18.2 Å². The fourth-order valence-corrected chi connectivity index (χ4v) is 1.64. The first-order valence-corrected chi connectivity index (χ1v) is 5.75. The van der Waals surface area contributed by atoms with Gasteiger partial charge in [0.1, 0.15) is 6.61 Å². The standard InChI is InChI=1S/C11H13Cl2NO2/c1-7(11(15)16-5-4-12)9-6-8(14)2-3-10(9)13/h2-3,6-7H,4-5,14H2,1H3. The highest BCUT2D eigenvalue weighted by atomic mass is 35.5. The van der Waals surface area contributed by atoms with Gasteiger partial charge in [-0.25, -0.2) is 0 Å². The summed E-state index contributed by atoms with van der Waals surface area (Å²) in [5.41, 5.74) is 6.87. The minimum absolute atomic E-state index is 0.199. The highest BCUT2D eigenvalue weighted by Crippen LogP contribution is 2.27. The average molecular weight is 262 g/mol. The Kier molecular flexibility index (Phi) is 4.90. The van der Waals surface area contributed by atoms with E-state index >= 15 is 0 Å². The van der Waals surface area contributed by atoms with Gasteiger partial charge in [0.05, 0.1) is 11.8 Å². The first-order chi connectivity index (χ1) is 7.56. The number of carbonyl (C=O) groups is 1. The first-order valence-electron chi connectivity index (χ1n) is 4.83. The molecule has 88 valence electrons. The van der Waals surface area contributed by atoms with Gasteiger partial charge in [0.25, 0.3) is 0 Å². The number of anilines is 1. The number of hydrogen-bond acceptors (Lipinski definition) is 3. The van der Waals surface area contributed by atoms with Crippen LogP contribution < -0.4 is 5.73 Å². The lowest BCUT2D eigenvalue weighted by molar-refractivity contribution is -0.144. The second-order valence-corrected chi connectivity index (χ2v) is 4.14. The Hall–Kier alpha value is -0.930. The summed E-state index contributed by atoms with van der Waals surface area (Å²) in [5.74, 6) is -0.518. The normalized spacial score (nSPS) is 12.2. The van der Waals surface area contributed by atoms with Crippen molar-refractivity contribution in [3.63, 3.8) is 0 Å². The highest BCUT2D eigenvalue weighted by Gasteiger charge is 2.19. The molecule has 0 saturated carbocycles. The van der Waals surface area contributed by atoms with E-state index in [2.05, 4.69) is 0 Å². The Morgan fingerprint density at radius 2 is 2.25 bits per heavy atom. The number of esters is 1. The summed E-state index contributed by atoms with van der Waals surface area (Å²) in [5, 5.41) is 0.504. The fourth-order valence-electron chi connectivity index (χ4n) is 1.29. The molecular weight excluding hydrogens is 249 g/mol. The molecule has 0 aliphatic rings. The molecule has 5 heteroatoms. The van der Waals surface area contributed by atoms with Crippen molar-refractivity contribution in [2.45, 2.75) is 12.8 Å². The van der Waals surface area contributed by atoms with E-state index < -0.39 is 5.92 Å². The molecule has 0 aliphatic heterocycles. The number of hydrogen-bond donors (Lipinski definition) is 1. The molecule has 0 spiro atoms. The molecule has 0 saturated heterocycles. The third-order valence-electron chi connectivity index (χ3n) is 2.16. The molecule has 0 heterocycles. The Labute approximate surface area is 104 Å². The van der Waals surface area contributed by atoms with Crippen LogP contribution in [0.4, 0.5) is 5.69 Å². The second-order valence-electron chi connectivity index (χ2n) is 3.36. The predicted octanol–water partition coefficient (Wildman–Crippen LogP) is 2.81. The molecule has 1 unspecified atom stereocenters. The Bertz CT molecular complexity index is 382. The second kappa shape index (κ2) is 5.97. The van der Waals surface area contributed by atoms with Crippen molar-refractivity contribution in [3.8, 4) is 0 Å². The van der Waals surface area contributed by atoms with Crippen LogP contribution in [0.3, 0.4) is 0 Å². The monoisotopic (exact) mass is 261 g/mol. The molecule has 0 aliphatic carbocycles. The third-order valence-corrected chi connectivity index (χ3v) is 2.66. The molecule has 3 nitrogen and oxygen atoms in total. The first kappa shape index (κ1) is 13.1. The molecule has 1 rings (SSSR count). The third kappa shape index (κ3) is 3.29. The van der Waals surface area contributed by atoms with E-state index in [1.54, 1.807) is 25.1 Å². The number of benzene rings is 1. The number of nitrogens with two attached hydrogens (primary N) is 1. The Balaban J connectivity index is 2.82. The summed E-state index contributed by atoms with van der Waals surface area (Å²) >= 11 is 11.4. The van der Waals surface area contributed by atoms with E-state index in [4.69, 9.17) is 33.7 Å². The number of carbonyl (C=O) groups excluding carboxylic acids is 1. The van der Waals surface area contributed by atoms with Crippen molar-refractivity contribution >= 4 is 34.9 Å². The van der Waals surface area contributed by atoms with Crippen molar-refractivity contribution in [2.24, 2.45) is 0 Å². The average Bonchev–Trinajstić information content (AvgIpc) is 2.28. The van der Waals surface area contributed by atoms with Gasteiger partial charge in [-0.3, -0.25) is 4.79 Å². The van der Waals surface area contributed by atoms with Gasteiger partial charge in [0, 0.05) is 10.7 Å². The summed E-state index contributed by atoms with van der Waals surface area (Å²) in [4.78, 5) is 11.6. The number of ether oxygens (including phenoxy) is 1. The van der Waals surface area contributed by atoms with Crippen LogP contribution in [-0.4, -0.2) is 18.5 Å². The van der Waals surface area contributed by atoms with Crippen LogP contribution in [0.2, 0.25) is 5.02 Å². The van der Waals surface area contributed by atoms with E-state index in [1.807, 2.05) is 0 Å². The molecule has 2 N–H and O–H groups in total. The molecule has 0 aromatic heterocycles. The van der Waals surface area contributed by atoms with Crippen LogP contribution in [0.1, 0.15) is 18.4 Å². The summed E-state index contributed by atoms with van der Waals surface area (Å²) in [6.45, 7) is 1.92. The summed E-state index contributed by atoms with van der Waals surface area (Å²) in [6.07, 6.45) is 0. The topological polar surface area (TPSA) is 52.3 Å². The van der Waals surface area contributed by atoms with Gasteiger partial charge in [-0.05, 0) is 30.7 Å². The molecule has 0 bridgehead atoms. The number of alkyl halides is 1. The van der Waals surface area contributed by atoms with E-state index in [-0.39, 0.29) is 18.5 Å². The molecule has 1 aromatic carbocycles. The van der Waals surface area contributed by atoms with Crippen LogP contribution in [0.5, 0.6) is 0 Å². The maximum atomic E-state index is 11.6. The SMILES string of the molecule is CC(C(=O)OCCCl)c1cc(N)ccc1Cl. The van der Waals surface area contributed by atoms with Crippen molar-refractivity contribution < 1.29 is 9.53 Å². The van der Waals surface area contributed by atoms with Gasteiger partial charge >= 0.3 is 5.97 Å². The summed E-state index contributed by atoms with van der Waals surface area (Å²) in [6, 6.07) is 5.02. The molecule has 1 aromatic rings. The van der Waals surface area contributed by atoms with E-state index in [0.717, 1.165) is 0 Å². The van der Waals surface area contributed by atoms with Gasteiger partial charge in [-0.15, -0.1) is 11.6 Å². The van der Waals surface area contributed by atoms with Crippen LogP contribution >= 0.6 is 23.2 Å². The largest absolute Gasteiger partial charge is 0.464 e. The van der Waals surface area contributed by atoms with Crippen LogP contribution in [-0.2, 0) is 9.53 Å². The number of nitrogen functional groups attached to an aromatic ring is 1. The predicted molar refractivity (Wildman–Crippen MR) is 66.0 cm³/mol. The van der Waals surface area contributed by atoms with Crippen LogP contribution in [0, 0.1) is 0 Å². The number of halogens is 2. The van der Waals surface area contributed by atoms with Gasteiger partial charge in [0.15, 0.2) is 0 Å². The molecule has 1 atom stereocenters. The molecule has 0 amide bonds. The van der Waals surface area contributed by atoms with E-state index in [1.165, 1.54) is 0 Å². The lowest BCUT2D eigenvalue weighted by atomic mass is 10.0. The van der Waals surface area contributed by atoms with Crippen LogP contribution in [0.25, 0.3) is 0 Å². The van der Waals surface area contributed by atoms with Gasteiger partial charge in [-0.2, -0.15) is 0 Å². The zero-order valence-corrected chi connectivity index (χ0v) is 10.4. The Morgan fingerprint density at radius 1 is 1.56 bits per heavy atom. The maximum Gasteiger partial charge on any atom is 0.313 e. The highest BCUT2D eigenvalue weighted by molar-refractivity contribution is 6.31. The van der Waals surface area contributed by atoms with E-state index in [0.29, 0.717) is 16.3 Å². The van der Waals surface area contributed by atoms with Crippen molar-refractivity contribution in [1.29, 1.82) is 0 Å². The zero-order chi connectivity index (χ0) is 12.1. The van der Waals surface area contributed by atoms with Gasteiger partial charge in [0.2, 0.25) is 0 Å². The molecule has 0 fully saturated rings. The number of rotatable bonds is 4. The minimum Gasteiger partial charge on any atom is -0.464 e. The summed E-state index contributed by atoms with van der Waals surface area (Å²) in [7, 11) is 0. The molecule has 0 radical (unpaired) electrons. The minimum atomic E-state index is -0.445. The van der Waals surface area contributed by atoms with E-state index in [9.17, 15) is 4.79 Å². The molecular formula is C11H13Cl2NO2. The lowest BCUT2D eigenvalue weighted by Gasteiger charge is -2.13. The van der Waals surface area contributed by atoms with Gasteiger partial charge < -0.3 is 10.5 Å². The Morgan fingerprint density at radius 3 is 2.88 bits per heavy atom. The zero-order valence-electron chi connectivity index (χ0n) is 8.87. The quantitative estimate of drug-likeness (QED) is 0.515. The van der Waals surface area contributed by atoms with Crippen molar-refractivity contribution in [3.05, 3.63) is 28.8 Å². The smallest absolute Gasteiger partial charge is 0.313 e.